The molecular formula is C67H129N5O2. The molecule has 0 radical (unpaired) electrons. The third-order valence-corrected chi connectivity index (χ3v) is 14.7. The number of rotatable bonds is 60. The maximum atomic E-state index is 10.6. The predicted molar refractivity (Wildman–Crippen MR) is 331 cm³/mol. The van der Waals surface area contributed by atoms with Crippen LogP contribution in [0.25, 0.3) is 0 Å². The normalized spacial score (nSPS) is 13.5. The first-order valence-corrected chi connectivity index (χ1v) is 32.3. The van der Waals surface area contributed by atoms with Crippen molar-refractivity contribution in [3.8, 4) is 0 Å². The van der Waals surface area contributed by atoms with E-state index in [1.807, 2.05) is 0 Å². The second kappa shape index (κ2) is 62.0. The van der Waals surface area contributed by atoms with Gasteiger partial charge >= 0.3 is 0 Å². The first kappa shape index (κ1) is 72.2. The molecule has 0 aromatic heterocycles. The molecule has 2 unspecified atom stereocenters. The van der Waals surface area contributed by atoms with E-state index in [2.05, 4.69) is 108 Å². The zero-order valence-electron chi connectivity index (χ0n) is 49.8. The van der Waals surface area contributed by atoms with E-state index in [9.17, 15) is 10.2 Å². The minimum absolute atomic E-state index is 0.328. The lowest BCUT2D eigenvalue weighted by Crippen LogP contribution is -2.39. The van der Waals surface area contributed by atoms with E-state index in [1.54, 1.807) is 0 Å². The van der Waals surface area contributed by atoms with Gasteiger partial charge in [-0.15, -0.1) is 0 Å². The topological polar surface area (TPSA) is 102 Å². The largest absolute Gasteiger partial charge is 0.390 e. The molecule has 7 nitrogen and oxygen atoms in total. The summed E-state index contributed by atoms with van der Waals surface area (Å²) in [5, 5.41) is 21.1. The van der Waals surface area contributed by atoms with Crippen LogP contribution in [-0.4, -0.2) is 109 Å². The summed E-state index contributed by atoms with van der Waals surface area (Å²) >= 11 is 0. The molecule has 0 amide bonds. The molecule has 0 rings (SSSR count). The van der Waals surface area contributed by atoms with Crippen LogP contribution in [0.3, 0.4) is 0 Å². The van der Waals surface area contributed by atoms with Gasteiger partial charge in [0.2, 0.25) is 0 Å². The van der Waals surface area contributed by atoms with Crippen LogP contribution in [0, 0.1) is 0 Å². The SMILES string of the molecule is CCCCC/C=C/C/C=C\CCCCCCCCN(CCCCN(CCCCCCCC/C=C\C/C=C/CCCCC)CC(O)CN)CCCN(CCCCCCCC/C=C\C/C=C/CCCCC)CC(O)CN. The highest BCUT2D eigenvalue weighted by molar-refractivity contribution is 4.94. The Labute approximate surface area is 462 Å². The van der Waals surface area contributed by atoms with Crippen molar-refractivity contribution in [3.05, 3.63) is 72.9 Å². The molecule has 0 saturated heterocycles. The molecule has 0 saturated carbocycles. The van der Waals surface area contributed by atoms with Crippen molar-refractivity contribution in [2.24, 2.45) is 11.5 Å². The van der Waals surface area contributed by atoms with Gasteiger partial charge in [0.15, 0.2) is 0 Å². The summed E-state index contributed by atoms with van der Waals surface area (Å²) in [6.45, 7) is 16.4. The summed E-state index contributed by atoms with van der Waals surface area (Å²) < 4.78 is 0. The fraction of sp³-hybridized carbons (Fsp3) is 0.821. The Kier molecular flexibility index (Phi) is 60.5. The van der Waals surface area contributed by atoms with Crippen LogP contribution in [0.1, 0.15) is 271 Å². The Bertz CT molecular complexity index is 1260. The van der Waals surface area contributed by atoms with Crippen molar-refractivity contribution in [1.29, 1.82) is 0 Å². The second-order valence-corrected chi connectivity index (χ2v) is 22.0. The molecule has 0 aliphatic carbocycles. The number of aliphatic hydroxyl groups excluding tert-OH is 2. The lowest BCUT2D eigenvalue weighted by molar-refractivity contribution is 0.111. The van der Waals surface area contributed by atoms with Crippen molar-refractivity contribution in [2.75, 3.05) is 72.0 Å². The highest BCUT2D eigenvalue weighted by Crippen LogP contribution is 2.14. The minimum Gasteiger partial charge on any atom is -0.390 e. The van der Waals surface area contributed by atoms with E-state index < -0.39 is 12.2 Å². The standard InChI is InChI=1S/C67H129N5O2/c1-4-7-10-13-16-19-22-25-28-31-34-37-40-43-46-49-55-70(60-54-61-72(65-67(74)63-69)58-51-48-45-42-39-36-33-30-27-24-21-18-15-12-9-6-3)56-52-53-59-71(64-66(73)62-68)57-50-47-44-41-38-35-32-29-26-23-20-17-14-11-8-5-2/h16-21,25-30,66-67,73-74H,4-15,22-24,31-65,68-69H2,1-3H3/b19-16+,20-17+,21-18+,28-25-,29-26-,30-27-. The molecule has 74 heavy (non-hydrogen) atoms. The molecule has 7 heteroatoms. The van der Waals surface area contributed by atoms with Crippen molar-refractivity contribution in [1.82, 2.24) is 14.7 Å². The molecule has 0 bridgehead atoms. The molecule has 2 atom stereocenters. The highest BCUT2D eigenvalue weighted by atomic mass is 16.3. The van der Waals surface area contributed by atoms with Crippen LogP contribution in [0.2, 0.25) is 0 Å². The summed E-state index contributed by atoms with van der Waals surface area (Å²) in [4.78, 5) is 7.72. The molecule has 0 aromatic rings. The number of allylic oxidation sites excluding steroid dienone is 12. The summed E-state index contributed by atoms with van der Waals surface area (Å²) in [5.74, 6) is 0. The molecule has 0 heterocycles. The molecule has 0 aliphatic rings. The van der Waals surface area contributed by atoms with Gasteiger partial charge in [0, 0.05) is 26.2 Å². The minimum atomic E-state index is -0.454. The summed E-state index contributed by atoms with van der Waals surface area (Å²) in [5.41, 5.74) is 11.8. The molecule has 0 fully saturated rings. The lowest BCUT2D eigenvalue weighted by atomic mass is 10.1. The van der Waals surface area contributed by atoms with E-state index in [4.69, 9.17) is 11.5 Å². The molecule has 0 aliphatic heterocycles. The lowest BCUT2D eigenvalue weighted by Gasteiger charge is -2.28. The Hall–Kier alpha value is -1.84. The number of nitrogens with zero attached hydrogens (tertiary/aromatic N) is 3. The van der Waals surface area contributed by atoms with Crippen LogP contribution < -0.4 is 11.5 Å². The summed E-state index contributed by atoms with van der Waals surface area (Å²) in [6.07, 6.45) is 76.6. The van der Waals surface area contributed by atoms with E-state index in [-0.39, 0.29) is 0 Å². The average molecular weight is 1040 g/mol. The van der Waals surface area contributed by atoms with Gasteiger partial charge in [-0.1, -0.05) is 209 Å². The summed E-state index contributed by atoms with van der Waals surface area (Å²) in [6, 6.07) is 0. The van der Waals surface area contributed by atoms with E-state index >= 15 is 0 Å². The monoisotopic (exact) mass is 1040 g/mol. The van der Waals surface area contributed by atoms with Crippen molar-refractivity contribution in [2.45, 2.75) is 283 Å². The number of aliphatic hydroxyl groups is 2. The van der Waals surface area contributed by atoms with Gasteiger partial charge < -0.3 is 36.4 Å². The van der Waals surface area contributed by atoms with Crippen molar-refractivity contribution < 1.29 is 10.2 Å². The Balaban J connectivity index is 4.92. The van der Waals surface area contributed by atoms with Gasteiger partial charge in [0.05, 0.1) is 12.2 Å². The Morgan fingerprint density at radius 2 is 0.486 bits per heavy atom. The smallest absolute Gasteiger partial charge is 0.0789 e. The molecule has 0 aromatic carbocycles. The first-order valence-electron chi connectivity index (χ1n) is 32.3. The van der Waals surface area contributed by atoms with Gasteiger partial charge in [-0.25, -0.2) is 0 Å². The maximum absolute atomic E-state index is 10.6. The molecule has 434 valence electrons. The van der Waals surface area contributed by atoms with Crippen LogP contribution in [0.15, 0.2) is 72.9 Å². The predicted octanol–water partition coefficient (Wildman–Crippen LogP) is 17.1. The zero-order chi connectivity index (χ0) is 53.7. The highest BCUT2D eigenvalue weighted by Gasteiger charge is 2.14. The first-order chi connectivity index (χ1) is 36.5. The van der Waals surface area contributed by atoms with Gasteiger partial charge in [-0.2, -0.15) is 0 Å². The number of unbranched alkanes of at least 4 members (excludes halogenated alkanes) is 28. The Morgan fingerprint density at radius 3 is 0.770 bits per heavy atom. The van der Waals surface area contributed by atoms with Crippen LogP contribution >= 0.6 is 0 Å². The summed E-state index contributed by atoms with van der Waals surface area (Å²) in [7, 11) is 0. The van der Waals surface area contributed by atoms with Gasteiger partial charge in [0.1, 0.15) is 0 Å². The van der Waals surface area contributed by atoms with Crippen LogP contribution in [-0.2, 0) is 0 Å². The van der Waals surface area contributed by atoms with E-state index in [1.165, 1.54) is 225 Å². The van der Waals surface area contributed by atoms with E-state index in [0.29, 0.717) is 26.2 Å². The van der Waals surface area contributed by atoms with Gasteiger partial charge in [-0.3, -0.25) is 0 Å². The van der Waals surface area contributed by atoms with Crippen LogP contribution in [0.5, 0.6) is 0 Å². The third kappa shape index (κ3) is 56.4. The van der Waals surface area contributed by atoms with Gasteiger partial charge in [-0.05, 0) is 181 Å². The quantitative estimate of drug-likeness (QED) is 0.0356. The third-order valence-electron chi connectivity index (χ3n) is 14.7. The number of hydrogen-bond acceptors (Lipinski definition) is 7. The Morgan fingerprint density at radius 1 is 0.270 bits per heavy atom. The van der Waals surface area contributed by atoms with Crippen molar-refractivity contribution >= 4 is 0 Å². The maximum Gasteiger partial charge on any atom is 0.0789 e. The van der Waals surface area contributed by atoms with Gasteiger partial charge in [0.25, 0.3) is 0 Å². The molecular weight excluding hydrogens is 907 g/mol. The molecule has 6 N–H and O–H groups in total. The molecule has 0 spiro atoms. The van der Waals surface area contributed by atoms with E-state index in [0.717, 1.165) is 71.4 Å². The fourth-order valence-electron chi connectivity index (χ4n) is 9.83. The number of nitrogens with two attached hydrogens (primary N) is 2. The zero-order valence-corrected chi connectivity index (χ0v) is 49.8. The van der Waals surface area contributed by atoms with Crippen LogP contribution in [0.4, 0.5) is 0 Å². The average Bonchev–Trinajstić information content (AvgIpc) is 3.40. The van der Waals surface area contributed by atoms with Crippen molar-refractivity contribution in [3.63, 3.8) is 0 Å². The fourth-order valence-corrected chi connectivity index (χ4v) is 9.83. The second-order valence-electron chi connectivity index (χ2n) is 22.0. The number of hydrogen-bond donors (Lipinski definition) is 4.